The standard InChI is InChI=1S/C21H18F2N2O3/c1-25-13-12-24-20(25)14-27-17-9-6-15(7-10-17)18(26)11-8-16-4-2-3-5-19(16)28-21(22)23/h2-13,21H,14H2,1H3/b11-8+. The molecule has 2 aromatic carbocycles. The van der Waals surface area contributed by atoms with Crippen molar-refractivity contribution in [3.63, 3.8) is 0 Å². The van der Waals surface area contributed by atoms with Gasteiger partial charge >= 0.3 is 6.61 Å². The molecule has 0 radical (unpaired) electrons. The van der Waals surface area contributed by atoms with Crippen molar-refractivity contribution < 1.29 is 23.0 Å². The van der Waals surface area contributed by atoms with Gasteiger partial charge in [0.2, 0.25) is 0 Å². The molecule has 0 unspecified atom stereocenters. The van der Waals surface area contributed by atoms with Crippen molar-refractivity contribution in [3.05, 3.63) is 84.0 Å². The fourth-order valence-electron chi connectivity index (χ4n) is 2.48. The fourth-order valence-corrected chi connectivity index (χ4v) is 2.48. The van der Waals surface area contributed by atoms with E-state index in [0.717, 1.165) is 5.82 Å². The van der Waals surface area contributed by atoms with E-state index in [4.69, 9.17) is 4.74 Å². The van der Waals surface area contributed by atoms with Crippen LogP contribution in [0.25, 0.3) is 6.08 Å². The highest BCUT2D eigenvalue weighted by Crippen LogP contribution is 2.22. The van der Waals surface area contributed by atoms with Gasteiger partial charge in [-0.25, -0.2) is 4.98 Å². The summed E-state index contributed by atoms with van der Waals surface area (Å²) in [5.41, 5.74) is 0.846. The minimum atomic E-state index is -2.93. The van der Waals surface area contributed by atoms with Crippen molar-refractivity contribution in [3.8, 4) is 11.5 Å². The van der Waals surface area contributed by atoms with Gasteiger partial charge in [0.05, 0.1) is 0 Å². The maximum Gasteiger partial charge on any atom is 0.387 e. The van der Waals surface area contributed by atoms with Gasteiger partial charge in [-0.3, -0.25) is 4.79 Å². The first kappa shape index (κ1) is 19.3. The largest absolute Gasteiger partial charge is 0.486 e. The van der Waals surface area contributed by atoms with Gasteiger partial charge < -0.3 is 14.0 Å². The maximum atomic E-state index is 12.4. The Morgan fingerprint density at radius 3 is 2.61 bits per heavy atom. The molecule has 0 saturated heterocycles. The lowest BCUT2D eigenvalue weighted by Crippen LogP contribution is -2.03. The third-order valence-corrected chi connectivity index (χ3v) is 3.98. The molecule has 0 fully saturated rings. The van der Waals surface area contributed by atoms with E-state index in [9.17, 15) is 13.6 Å². The second-order valence-electron chi connectivity index (χ2n) is 5.88. The molecule has 5 nitrogen and oxygen atoms in total. The summed E-state index contributed by atoms with van der Waals surface area (Å²) in [4.78, 5) is 16.5. The number of allylic oxidation sites excluding steroid dienone is 1. The zero-order valence-electron chi connectivity index (χ0n) is 15.1. The van der Waals surface area contributed by atoms with Gasteiger partial charge in [0.1, 0.15) is 23.9 Å². The number of benzene rings is 2. The van der Waals surface area contributed by atoms with Crippen molar-refractivity contribution >= 4 is 11.9 Å². The Kier molecular flexibility index (Phi) is 6.16. The monoisotopic (exact) mass is 384 g/mol. The first-order valence-corrected chi connectivity index (χ1v) is 8.48. The number of hydrogen-bond donors (Lipinski definition) is 0. The Morgan fingerprint density at radius 2 is 1.93 bits per heavy atom. The van der Waals surface area contributed by atoms with Crippen LogP contribution in [-0.2, 0) is 13.7 Å². The molecule has 0 aliphatic carbocycles. The molecule has 0 aliphatic rings. The summed E-state index contributed by atoms with van der Waals surface area (Å²) in [5, 5.41) is 0. The Hall–Kier alpha value is -3.48. The van der Waals surface area contributed by atoms with E-state index in [2.05, 4.69) is 9.72 Å². The van der Waals surface area contributed by atoms with Crippen LogP contribution in [0.15, 0.2) is 67.0 Å². The number of halogens is 2. The number of ketones is 1. The smallest absolute Gasteiger partial charge is 0.387 e. The third kappa shape index (κ3) is 5.03. The second kappa shape index (κ2) is 8.94. The van der Waals surface area contributed by atoms with Crippen LogP contribution < -0.4 is 9.47 Å². The van der Waals surface area contributed by atoms with Crippen LogP contribution in [0.2, 0.25) is 0 Å². The first-order chi connectivity index (χ1) is 13.5. The summed E-state index contributed by atoms with van der Waals surface area (Å²) in [6.45, 7) is -2.61. The van der Waals surface area contributed by atoms with Gasteiger partial charge in [0.25, 0.3) is 0 Å². The van der Waals surface area contributed by atoms with Crippen LogP contribution in [0.1, 0.15) is 21.7 Å². The van der Waals surface area contributed by atoms with E-state index in [0.29, 0.717) is 23.5 Å². The van der Waals surface area contributed by atoms with E-state index in [1.54, 1.807) is 48.7 Å². The van der Waals surface area contributed by atoms with Gasteiger partial charge in [-0.1, -0.05) is 18.2 Å². The first-order valence-electron chi connectivity index (χ1n) is 8.48. The summed E-state index contributed by atoms with van der Waals surface area (Å²) in [7, 11) is 1.88. The molecule has 0 spiro atoms. The van der Waals surface area contributed by atoms with Crippen LogP contribution in [0, 0.1) is 0 Å². The topological polar surface area (TPSA) is 53.4 Å². The number of rotatable bonds is 8. The van der Waals surface area contributed by atoms with Crippen molar-refractivity contribution in [2.24, 2.45) is 7.05 Å². The lowest BCUT2D eigenvalue weighted by atomic mass is 10.1. The van der Waals surface area contributed by atoms with Gasteiger partial charge in [0, 0.05) is 30.6 Å². The highest BCUT2D eigenvalue weighted by molar-refractivity contribution is 6.07. The quantitative estimate of drug-likeness (QED) is 0.424. The molecule has 3 aromatic rings. The van der Waals surface area contributed by atoms with Gasteiger partial charge in [0.15, 0.2) is 5.78 Å². The van der Waals surface area contributed by atoms with Crippen molar-refractivity contribution in [2.45, 2.75) is 13.2 Å². The van der Waals surface area contributed by atoms with Crippen LogP contribution in [0.3, 0.4) is 0 Å². The van der Waals surface area contributed by atoms with Gasteiger partial charge in [-0.05, 0) is 42.5 Å². The molecule has 144 valence electrons. The average molecular weight is 384 g/mol. The molecule has 0 atom stereocenters. The highest BCUT2D eigenvalue weighted by atomic mass is 19.3. The van der Waals surface area contributed by atoms with Crippen LogP contribution >= 0.6 is 0 Å². The van der Waals surface area contributed by atoms with Crippen LogP contribution in [-0.4, -0.2) is 21.9 Å². The minimum absolute atomic E-state index is 0.0135. The van der Waals surface area contributed by atoms with Crippen molar-refractivity contribution in [2.75, 3.05) is 0 Å². The molecule has 0 saturated carbocycles. The number of ether oxygens (including phenoxy) is 2. The van der Waals surface area contributed by atoms with E-state index in [1.807, 2.05) is 17.8 Å². The summed E-state index contributed by atoms with van der Waals surface area (Å²) in [6, 6.07) is 12.9. The van der Waals surface area contributed by atoms with Crippen molar-refractivity contribution in [1.82, 2.24) is 9.55 Å². The number of carbonyl (C=O) groups excluding carboxylic acids is 1. The highest BCUT2D eigenvalue weighted by Gasteiger charge is 2.08. The molecule has 7 heteroatoms. The molecule has 1 heterocycles. The Bertz CT molecular complexity index is 966. The summed E-state index contributed by atoms with van der Waals surface area (Å²) in [5.74, 6) is 1.15. The second-order valence-corrected chi connectivity index (χ2v) is 5.88. The maximum absolute atomic E-state index is 12.4. The van der Waals surface area contributed by atoms with E-state index < -0.39 is 6.61 Å². The van der Waals surface area contributed by atoms with E-state index in [-0.39, 0.29) is 11.5 Å². The summed E-state index contributed by atoms with van der Waals surface area (Å²) < 4.78 is 36.8. The molecule has 0 aliphatic heterocycles. The predicted molar refractivity (Wildman–Crippen MR) is 100 cm³/mol. The molecular weight excluding hydrogens is 366 g/mol. The van der Waals surface area contributed by atoms with Crippen molar-refractivity contribution in [1.29, 1.82) is 0 Å². The number of hydrogen-bond acceptors (Lipinski definition) is 4. The molecule has 28 heavy (non-hydrogen) atoms. The van der Waals surface area contributed by atoms with Crippen LogP contribution in [0.5, 0.6) is 11.5 Å². The van der Waals surface area contributed by atoms with E-state index in [1.165, 1.54) is 18.2 Å². The normalized spacial score (nSPS) is 11.1. The predicted octanol–water partition coefficient (Wildman–Crippen LogP) is 4.50. The number of nitrogens with zero attached hydrogens (tertiary/aromatic N) is 2. The number of imidazole rings is 1. The average Bonchev–Trinajstić information content (AvgIpc) is 3.10. The minimum Gasteiger partial charge on any atom is -0.486 e. The number of aryl methyl sites for hydroxylation is 1. The molecule has 0 amide bonds. The molecule has 0 bridgehead atoms. The van der Waals surface area contributed by atoms with Gasteiger partial charge in [-0.2, -0.15) is 8.78 Å². The number of aromatic nitrogens is 2. The number of carbonyl (C=O) groups is 1. The third-order valence-electron chi connectivity index (χ3n) is 3.98. The molecule has 3 rings (SSSR count). The fraction of sp³-hybridized carbons (Fsp3) is 0.143. The summed E-state index contributed by atoms with van der Waals surface area (Å²) in [6.07, 6.45) is 6.29. The zero-order valence-corrected chi connectivity index (χ0v) is 15.1. The van der Waals surface area contributed by atoms with Crippen LogP contribution in [0.4, 0.5) is 8.78 Å². The zero-order chi connectivity index (χ0) is 19.9. The molecule has 1 aromatic heterocycles. The number of para-hydroxylation sites is 1. The molecular formula is C21H18F2N2O3. The Balaban J connectivity index is 1.63. The SMILES string of the molecule is Cn1ccnc1COc1ccc(C(=O)/C=C/c2ccccc2OC(F)F)cc1. The Morgan fingerprint density at radius 1 is 1.18 bits per heavy atom. The lowest BCUT2D eigenvalue weighted by Gasteiger charge is -2.07. The lowest BCUT2D eigenvalue weighted by molar-refractivity contribution is -0.0499. The molecule has 0 N–H and O–H groups in total. The van der Waals surface area contributed by atoms with Gasteiger partial charge in [-0.15, -0.1) is 0 Å². The Labute approximate surface area is 160 Å². The van der Waals surface area contributed by atoms with E-state index >= 15 is 0 Å². The number of alkyl halides is 2. The summed E-state index contributed by atoms with van der Waals surface area (Å²) >= 11 is 0.